The first-order chi connectivity index (χ1) is 11.6. The first-order valence-electron chi connectivity index (χ1n) is 8.70. The van der Waals surface area contributed by atoms with Crippen molar-refractivity contribution in [3.63, 3.8) is 0 Å². The lowest BCUT2D eigenvalue weighted by molar-refractivity contribution is -0.139. The van der Waals surface area contributed by atoms with Crippen molar-refractivity contribution in [1.82, 2.24) is 15.1 Å². The van der Waals surface area contributed by atoms with Crippen molar-refractivity contribution < 1.29 is 9.59 Å². The predicted octanol–water partition coefficient (Wildman–Crippen LogP) is 1.68. The Labute approximate surface area is 143 Å². The number of hydrogen-bond acceptors (Lipinski definition) is 3. The van der Waals surface area contributed by atoms with E-state index in [0.29, 0.717) is 32.5 Å². The van der Waals surface area contributed by atoms with Gasteiger partial charge in [0.05, 0.1) is 0 Å². The molecule has 2 aliphatic rings. The minimum atomic E-state index is -0.448. The van der Waals surface area contributed by atoms with Gasteiger partial charge in [-0.05, 0) is 37.9 Å². The number of likely N-dealkylation sites (tertiary alicyclic amines) is 1. The van der Waals surface area contributed by atoms with Gasteiger partial charge in [-0.25, -0.2) is 4.79 Å². The summed E-state index contributed by atoms with van der Waals surface area (Å²) in [5.74, 6) is 0.104. The summed E-state index contributed by atoms with van der Waals surface area (Å²) < 4.78 is 0. The molecule has 2 aliphatic heterocycles. The molecule has 0 bridgehead atoms. The second-order valence-electron chi connectivity index (χ2n) is 6.64. The van der Waals surface area contributed by atoms with Gasteiger partial charge < -0.3 is 15.5 Å². The number of piperidine rings is 1. The molecule has 0 aliphatic carbocycles. The Balaban J connectivity index is 1.64. The average Bonchev–Trinajstić information content (AvgIpc) is 2.61. The van der Waals surface area contributed by atoms with Crippen molar-refractivity contribution in [2.45, 2.75) is 31.7 Å². The van der Waals surface area contributed by atoms with Crippen LogP contribution in [0.2, 0.25) is 0 Å². The highest BCUT2D eigenvalue weighted by Gasteiger charge is 2.47. The largest absolute Gasteiger partial charge is 0.353 e. The molecule has 6 heteroatoms. The summed E-state index contributed by atoms with van der Waals surface area (Å²) >= 11 is 0. The molecule has 1 spiro atoms. The summed E-state index contributed by atoms with van der Waals surface area (Å²) in [6, 6.07) is 7.80. The zero-order valence-electron chi connectivity index (χ0n) is 14.5. The van der Waals surface area contributed by atoms with Gasteiger partial charge in [0.15, 0.2) is 0 Å². The van der Waals surface area contributed by atoms with Crippen molar-refractivity contribution in [3.05, 3.63) is 29.8 Å². The molecule has 0 aromatic heterocycles. The molecule has 2 N–H and O–H groups in total. The maximum atomic E-state index is 12.6. The van der Waals surface area contributed by atoms with Crippen LogP contribution in [-0.4, -0.2) is 60.5 Å². The third kappa shape index (κ3) is 2.98. The van der Waals surface area contributed by atoms with Crippen LogP contribution in [0.4, 0.5) is 10.5 Å². The van der Waals surface area contributed by atoms with Gasteiger partial charge in [0.1, 0.15) is 5.54 Å². The maximum absolute atomic E-state index is 12.6. The van der Waals surface area contributed by atoms with E-state index in [2.05, 4.69) is 22.5 Å². The van der Waals surface area contributed by atoms with Gasteiger partial charge in [0.2, 0.25) is 5.91 Å². The summed E-state index contributed by atoms with van der Waals surface area (Å²) in [7, 11) is 2.01. The molecule has 24 heavy (non-hydrogen) atoms. The van der Waals surface area contributed by atoms with E-state index < -0.39 is 5.54 Å². The van der Waals surface area contributed by atoms with E-state index >= 15 is 0 Å². The fraction of sp³-hybridized carbons (Fsp3) is 0.556. The van der Waals surface area contributed by atoms with Crippen molar-refractivity contribution in [2.75, 3.05) is 38.5 Å². The van der Waals surface area contributed by atoms with E-state index in [1.165, 1.54) is 0 Å². The number of likely N-dealkylation sites (N-methyl/N-ethyl adjacent to an activating group) is 1. The van der Waals surface area contributed by atoms with E-state index in [4.69, 9.17) is 0 Å². The van der Waals surface area contributed by atoms with Crippen molar-refractivity contribution in [3.8, 4) is 0 Å². The first kappa shape index (κ1) is 16.8. The lowest BCUT2D eigenvalue weighted by Crippen LogP contribution is -2.67. The van der Waals surface area contributed by atoms with Crippen LogP contribution < -0.4 is 10.6 Å². The minimum Gasteiger partial charge on any atom is -0.353 e. The van der Waals surface area contributed by atoms with Gasteiger partial charge >= 0.3 is 6.03 Å². The molecule has 3 amide bonds. The number of para-hydroxylation sites is 1. The summed E-state index contributed by atoms with van der Waals surface area (Å²) in [6.45, 7) is 4.83. The number of urea groups is 1. The minimum absolute atomic E-state index is 0.0791. The topological polar surface area (TPSA) is 64.7 Å². The lowest BCUT2D eigenvalue weighted by atomic mass is 9.83. The van der Waals surface area contributed by atoms with Gasteiger partial charge in [-0.15, -0.1) is 0 Å². The number of nitrogens with zero attached hydrogens (tertiary/aromatic N) is 2. The van der Waals surface area contributed by atoms with E-state index in [9.17, 15) is 9.59 Å². The van der Waals surface area contributed by atoms with Gasteiger partial charge in [-0.3, -0.25) is 9.69 Å². The van der Waals surface area contributed by atoms with Crippen molar-refractivity contribution in [1.29, 1.82) is 0 Å². The Kier molecular flexibility index (Phi) is 4.76. The molecule has 0 radical (unpaired) electrons. The van der Waals surface area contributed by atoms with Gasteiger partial charge in [0, 0.05) is 31.9 Å². The Morgan fingerprint density at radius 3 is 2.62 bits per heavy atom. The van der Waals surface area contributed by atoms with Crippen LogP contribution in [0.5, 0.6) is 0 Å². The van der Waals surface area contributed by atoms with Gasteiger partial charge in [0.25, 0.3) is 0 Å². The van der Waals surface area contributed by atoms with Gasteiger partial charge in [-0.2, -0.15) is 0 Å². The SMILES string of the molecule is CCc1ccccc1NC(=O)N1CCC2(CC1)C(=O)NCCN2C. The molecule has 1 aromatic rings. The second-order valence-corrected chi connectivity index (χ2v) is 6.64. The monoisotopic (exact) mass is 330 g/mol. The molecule has 0 saturated carbocycles. The van der Waals surface area contributed by atoms with Crippen LogP contribution in [0.1, 0.15) is 25.3 Å². The third-order valence-electron chi connectivity index (χ3n) is 5.40. The summed E-state index contributed by atoms with van der Waals surface area (Å²) in [4.78, 5) is 28.9. The van der Waals surface area contributed by atoms with E-state index in [0.717, 1.165) is 24.2 Å². The van der Waals surface area contributed by atoms with Crippen molar-refractivity contribution in [2.24, 2.45) is 0 Å². The molecule has 0 unspecified atom stereocenters. The average molecular weight is 330 g/mol. The molecule has 2 saturated heterocycles. The number of hydrogen-bond donors (Lipinski definition) is 2. The first-order valence-corrected chi connectivity index (χ1v) is 8.70. The van der Waals surface area contributed by atoms with Crippen LogP contribution in [-0.2, 0) is 11.2 Å². The Hall–Kier alpha value is -2.08. The zero-order chi connectivity index (χ0) is 17.2. The van der Waals surface area contributed by atoms with Crippen LogP contribution in [0.15, 0.2) is 24.3 Å². The summed E-state index contributed by atoms with van der Waals surface area (Å²) in [6.07, 6.45) is 2.24. The second kappa shape index (κ2) is 6.81. The molecule has 2 heterocycles. The van der Waals surface area contributed by atoms with Crippen LogP contribution in [0.3, 0.4) is 0 Å². The molecule has 2 fully saturated rings. The molecule has 0 atom stereocenters. The number of nitrogens with one attached hydrogen (secondary N) is 2. The number of carbonyl (C=O) groups excluding carboxylic acids is 2. The number of carbonyl (C=O) groups is 2. The number of anilines is 1. The predicted molar refractivity (Wildman–Crippen MR) is 94.0 cm³/mol. The normalized spacial score (nSPS) is 20.8. The fourth-order valence-corrected chi connectivity index (χ4v) is 3.72. The number of amides is 3. The third-order valence-corrected chi connectivity index (χ3v) is 5.40. The standard InChI is InChI=1S/C18H26N4O2/c1-3-14-6-4-5-7-15(14)20-17(24)22-11-8-18(9-12-22)16(23)19-10-13-21(18)2/h4-7H,3,8-13H2,1-2H3,(H,19,23)(H,20,24). The van der Waals surface area contributed by atoms with E-state index in [1.807, 2.05) is 36.2 Å². The quantitative estimate of drug-likeness (QED) is 0.867. The van der Waals surface area contributed by atoms with Crippen molar-refractivity contribution >= 4 is 17.6 Å². The highest BCUT2D eigenvalue weighted by atomic mass is 16.2. The molecule has 6 nitrogen and oxygen atoms in total. The number of benzene rings is 1. The van der Waals surface area contributed by atoms with E-state index in [1.54, 1.807) is 0 Å². The molecular weight excluding hydrogens is 304 g/mol. The molecule has 130 valence electrons. The smallest absolute Gasteiger partial charge is 0.321 e. The molecule has 1 aromatic carbocycles. The Morgan fingerprint density at radius 1 is 1.25 bits per heavy atom. The van der Waals surface area contributed by atoms with E-state index in [-0.39, 0.29) is 11.9 Å². The molecule has 3 rings (SSSR count). The van der Waals surface area contributed by atoms with Crippen LogP contribution >= 0.6 is 0 Å². The number of aryl methyl sites for hydroxylation is 1. The highest BCUT2D eigenvalue weighted by Crippen LogP contribution is 2.30. The molecular formula is C18H26N4O2. The van der Waals surface area contributed by atoms with Gasteiger partial charge in [-0.1, -0.05) is 25.1 Å². The maximum Gasteiger partial charge on any atom is 0.321 e. The van der Waals surface area contributed by atoms with Crippen LogP contribution in [0.25, 0.3) is 0 Å². The Morgan fingerprint density at radius 2 is 1.96 bits per heavy atom. The summed E-state index contributed by atoms with van der Waals surface area (Å²) in [5, 5.41) is 5.99. The Bertz CT molecular complexity index is 623. The zero-order valence-corrected chi connectivity index (χ0v) is 14.5. The lowest BCUT2D eigenvalue weighted by Gasteiger charge is -2.48. The van der Waals surface area contributed by atoms with Crippen LogP contribution in [0, 0.1) is 0 Å². The highest BCUT2D eigenvalue weighted by molar-refractivity contribution is 5.91. The fourth-order valence-electron chi connectivity index (χ4n) is 3.72. The number of piperazine rings is 1. The summed E-state index contributed by atoms with van der Waals surface area (Å²) in [5.41, 5.74) is 1.56. The number of rotatable bonds is 2.